The van der Waals surface area contributed by atoms with Gasteiger partial charge in [0.05, 0.1) is 6.16 Å². The van der Waals surface area contributed by atoms with Crippen molar-refractivity contribution in [2.24, 2.45) is 0 Å². The second kappa shape index (κ2) is 10.2. The van der Waals surface area contributed by atoms with E-state index in [-0.39, 0.29) is 11.6 Å². The molecular weight excluding hydrogens is 339 g/mol. The molecule has 0 saturated heterocycles. The summed E-state index contributed by atoms with van der Waals surface area (Å²) in [6.07, 6.45) is 13.8. The van der Waals surface area contributed by atoms with Crippen LogP contribution in [0.4, 0.5) is 0 Å². The number of carbonyl (C=O) groups is 2. The molecule has 3 heteroatoms. The Morgan fingerprint density at radius 2 is 1.27 bits per heavy atom. The zero-order valence-electron chi connectivity index (χ0n) is 16.7. The summed E-state index contributed by atoms with van der Waals surface area (Å²) >= 11 is 0. The highest BCUT2D eigenvalue weighted by Gasteiger charge is 2.24. The third-order valence-electron chi connectivity index (χ3n) is 5.06. The minimum Gasteiger partial charge on any atom is -0.289 e. The molecule has 0 aromatic heterocycles. The third-order valence-corrected chi connectivity index (χ3v) is 6.72. The molecule has 0 fully saturated rings. The molecule has 1 aromatic rings. The van der Waals surface area contributed by atoms with E-state index >= 15 is 0 Å². The second-order valence-electron chi connectivity index (χ2n) is 8.50. The van der Waals surface area contributed by atoms with Crippen LogP contribution in [0.1, 0.15) is 78.5 Å². The predicted octanol–water partition coefficient (Wildman–Crippen LogP) is 6.41. The van der Waals surface area contributed by atoms with Gasteiger partial charge in [0.1, 0.15) is 0 Å². The summed E-state index contributed by atoms with van der Waals surface area (Å²) in [6.45, 7) is 7.27. The summed E-state index contributed by atoms with van der Waals surface area (Å²) in [7, 11) is -0.586. The van der Waals surface area contributed by atoms with E-state index in [0.717, 1.165) is 19.3 Å². The van der Waals surface area contributed by atoms with Crippen LogP contribution >= 0.6 is 7.26 Å². The summed E-state index contributed by atoms with van der Waals surface area (Å²) < 4.78 is 0. The van der Waals surface area contributed by atoms with Crippen molar-refractivity contribution in [3.63, 3.8) is 0 Å². The maximum atomic E-state index is 12.5. The van der Waals surface area contributed by atoms with Crippen LogP contribution < -0.4 is 0 Å². The number of ketones is 2. The number of benzene rings is 1. The van der Waals surface area contributed by atoms with Crippen molar-refractivity contribution in [2.45, 2.75) is 57.8 Å². The standard InChI is InChI=1S/C23H34O2P/c1-26(2,3)17-13-9-7-5-4-6-8-10-14-19-18-22(24)20-15-11-12-16-21(20)23(19)25/h11-12,15-16,18H,4-10,13-14,17H2,1-3H3/q+1. The maximum absolute atomic E-state index is 12.5. The van der Waals surface area contributed by atoms with Crippen molar-refractivity contribution < 1.29 is 9.59 Å². The number of carbonyl (C=O) groups excluding carboxylic acids is 2. The number of unbranched alkanes of at least 4 members (excludes halogenated alkanes) is 7. The van der Waals surface area contributed by atoms with Crippen molar-refractivity contribution in [3.05, 3.63) is 47.0 Å². The minimum absolute atomic E-state index is 0.0205. The quantitative estimate of drug-likeness (QED) is 0.332. The van der Waals surface area contributed by atoms with Gasteiger partial charge in [0, 0.05) is 44.0 Å². The highest BCUT2D eigenvalue weighted by atomic mass is 31.2. The van der Waals surface area contributed by atoms with Gasteiger partial charge in [-0.2, -0.15) is 0 Å². The molecule has 0 radical (unpaired) electrons. The number of allylic oxidation sites excluding steroid dienone is 2. The van der Waals surface area contributed by atoms with Crippen LogP contribution in [-0.2, 0) is 0 Å². The number of hydrogen-bond donors (Lipinski definition) is 0. The molecule has 0 heterocycles. The Morgan fingerprint density at radius 3 is 1.88 bits per heavy atom. The number of hydrogen-bond acceptors (Lipinski definition) is 2. The van der Waals surface area contributed by atoms with Crippen LogP contribution in [0.3, 0.4) is 0 Å². The van der Waals surface area contributed by atoms with Gasteiger partial charge in [0.25, 0.3) is 0 Å². The summed E-state index contributed by atoms with van der Waals surface area (Å²) in [5.41, 5.74) is 1.82. The lowest BCUT2D eigenvalue weighted by molar-refractivity contribution is 0.0981. The maximum Gasteiger partial charge on any atom is 0.189 e. The Balaban J connectivity index is 1.58. The molecule has 1 aliphatic carbocycles. The fourth-order valence-corrected chi connectivity index (χ4v) is 4.69. The topological polar surface area (TPSA) is 34.1 Å². The summed E-state index contributed by atoms with van der Waals surface area (Å²) in [4.78, 5) is 24.6. The van der Waals surface area contributed by atoms with Gasteiger partial charge < -0.3 is 0 Å². The van der Waals surface area contributed by atoms with Crippen molar-refractivity contribution in [1.82, 2.24) is 0 Å². The van der Waals surface area contributed by atoms with Crippen LogP contribution in [0, 0.1) is 0 Å². The highest BCUT2D eigenvalue weighted by molar-refractivity contribution is 7.73. The summed E-state index contributed by atoms with van der Waals surface area (Å²) in [5, 5.41) is 0. The third kappa shape index (κ3) is 6.80. The molecule has 2 nitrogen and oxygen atoms in total. The van der Waals surface area contributed by atoms with Gasteiger partial charge in [-0.25, -0.2) is 0 Å². The Kier molecular flexibility index (Phi) is 8.22. The number of rotatable bonds is 11. The Morgan fingerprint density at radius 1 is 0.731 bits per heavy atom. The molecule has 0 bridgehead atoms. The van der Waals surface area contributed by atoms with E-state index in [0.29, 0.717) is 16.7 Å². The van der Waals surface area contributed by atoms with Gasteiger partial charge in [-0.1, -0.05) is 56.4 Å². The molecule has 0 aliphatic heterocycles. The molecule has 0 spiro atoms. The largest absolute Gasteiger partial charge is 0.289 e. The van der Waals surface area contributed by atoms with Crippen LogP contribution in [0.2, 0.25) is 0 Å². The molecule has 0 atom stereocenters. The second-order valence-corrected chi connectivity index (χ2v) is 13.5. The first kappa shape index (κ1) is 21.0. The highest BCUT2D eigenvalue weighted by Crippen LogP contribution is 2.47. The van der Waals surface area contributed by atoms with E-state index in [1.807, 2.05) is 12.1 Å². The molecule has 0 N–H and O–H groups in total. The van der Waals surface area contributed by atoms with E-state index in [9.17, 15) is 9.59 Å². The van der Waals surface area contributed by atoms with Crippen molar-refractivity contribution in [3.8, 4) is 0 Å². The van der Waals surface area contributed by atoms with E-state index in [1.165, 1.54) is 44.7 Å². The van der Waals surface area contributed by atoms with E-state index in [1.54, 1.807) is 18.2 Å². The molecule has 0 amide bonds. The van der Waals surface area contributed by atoms with Crippen LogP contribution in [0.15, 0.2) is 35.9 Å². The molecule has 2 rings (SSSR count). The van der Waals surface area contributed by atoms with Crippen LogP contribution in [0.5, 0.6) is 0 Å². The average Bonchev–Trinajstić information content (AvgIpc) is 2.59. The predicted molar refractivity (Wildman–Crippen MR) is 114 cm³/mol. The van der Waals surface area contributed by atoms with Gasteiger partial charge >= 0.3 is 0 Å². The van der Waals surface area contributed by atoms with Crippen LogP contribution in [0.25, 0.3) is 0 Å². The van der Waals surface area contributed by atoms with E-state index < -0.39 is 7.26 Å². The van der Waals surface area contributed by atoms with Gasteiger partial charge in [-0.3, -0.25) is 9.59 Å². The molecule has 0 saturated carbocycles. The SMILES string of the molecule is C[P+](C)(C)CCCCCCCCCCC1=CC(=O)c2ccccc2C1=O. The first-order valence-corrected chi connectivity index (χ1v) is 13.4. The Labute approximate surface area is 159 Å². The van der Waals surface area contributed by atoms with Gasteiger partial charge in [0.15, 0.2) is 11.6 Å². The molecular formula is C23H34O2P+. The smallest absolute Gasteiger partial charge is 0.189 e. The summed E-state index contributed by atoms with van der Waals surface area (Å²) in [6, 6.07) is 7.15. The lowest BCUT2D eigenvalue weighted by atomic mass is 9.87. The zero-order chi connectivity index (χ0) is 19.0. The molecule has 1 aliphatic rings. The monoisotopic (exact) mass is 373 g/mol. The molecule has 1 aromatic carbocycles. The molecule has 142 valence electrons. The Hall–Kier alpha value is -1.27. The number of fused-ring (bicyclic) bond motifs is 1. The van der Waals surface area contributed by atoms with Gasteiger partial charge in [-0.05, 0) is 31.8 Å². The van der Waals surface area contributed by atoms with Crippen LogP contribution in [-0.4, -0.2) is 37.7 Å². The normalized spacial score (nSPS) is 14.3. The fourth-order valence-electron chi connectivity index (χ4n) is 3.52. The molecule has 0 unspecified atom stereocenters. The summed E-state index contributed by atoms with van der Waals surface area (Å²) in [5.74, 6) is 0.0230. The molecule has 26 heavy (non-hydrogen) atoms. The number of Topliss-reactive ketones (excluding diaryl/α,β-unsaturated/α-hetero) is 1. The van der Waals surface area contributed by atoms with Crippen molar-refractivity contribution in [1.29, 1.82) is 0 Å². The average molecular weight is 373 g/mol. The Bertz CT molecular complexity index is 652. The first-order chi connectivity index (χ1) is 12.4. The minimum atomic E-state index is -0.586. The zero-order valence-corrected chi connectivity index (χ0v) is 17.6. The van der Waals surface area contributed by atoms with E-state index in [4.69, 9.17) is 0 Å². The lowest BCUT2D eigenvalue weighted by Crippen LogP contribution is -2.16. The van der Waals surface area contributed by atoms with Crippen molar-refractivity contribution in [2.75, 3.05) is 26.2 Å². The van der Waals surface area contributed by atoms with E-state index in [2.05, 4.69) is 20.0 Å². The van der Waals surface area contributed by atoms with Gasteiger partial charge in [0.2, 0.25) is 0 Å². The fraction of sp³-hybridized carbons (Fsp3) is 0.565. The lowest BCUT2D eigenvalue weighted by Gasteiger charge is -2.14. The van der Waals surface area contributed by atoms with Gasteiger partial charge in [-0.15, -0.1) is 0 Å². The first-order valence-electron chi connectivity index (χ1n) is 10.1. The van der Waals surface area contributed by atoms with Crippen molar-refractivity contribution >= 4 is 18.8 Å².